The van der Waals surface area contributed by atoms with Crippen molar-refractivity contribution < 1.29 is 13.2 Å². The summed E-state index contributed by atoms with van der Waals surface area (Å²) in [5.74, 6) is 2.25. The van der Waals surface area contributed by atoms with Gasteiger partial charge in [0, 0.05) is 16.7 Å². The van der Waals surface area contributed by atoms with E-state index in [2.05, 4.69) is 21.2 Å². The van der Waals surface area contributed by atoms with Gasteiger partial charge in [0.15, 0.2) is 0 Å². The van der Waals surface area contributed by atoms with Crippen LogP contribution in [0.2, 0.25) is 0 Å². The Labute approximate surface area is 125 Å². The molecule has 0 heterocycles. The second-order valence-electron chi connectivity index (χ2n) is 6.01. The van der Waals surface area contributed by atoms with Gasteiger partial charge in [-0.15, -0.1) is 0 Å². The van der Waals surface area contributed by atoms with Crippen LogP contribution in [0, 0.1) is 17.8 Å². The molecule has 0 amide bonds. The van der Waals surface area contributed by atoms with Crippen LogP contribution in [-0.4, -0.2) is 6.54 Å². The van der Waals surface area contributed by atoms with E-state index in [0.29, 0.717) is 16.1 Å². The summed E-state index contributed by atoms with van der Waals surface area (Å²) in [6, 6.07) is 3.76. The fourth-order valence-electron chi connectivity index (χ4n) is 3.70. The number of rotatable bonds is 3. The molecule has 3 atom stereocenters. The van der Waals surface area contributed by atoms with Gasteiger partial charge in [0.2, 0.25) is 0 Å². The monoisotopic (exact) mass is 347 g/mol. The standard InChI is InChI=1S/C15H17BrF3N/c16-13-4-3-12(15(17,18)19)7-14(13)20-8-11-6-9-1-2-10(11)5-9/h3-4,7,9-11,20H,1-2,5-6,8H2. The molecule has 110 valence electrons. The quantitative estimate of drug-likeness (QED) is 0.780. The Morgan fingerprint density at radius 3 is 2.60 bits per heavy atom. The molecular weight excluding hydrogens is 331 g/mol. The molecule has 3 rings (SSSR count). The lowest BCUT2D eigenvalue weighted by Crippen LogP contribution is -2.20. The van der Waals surface area contributed by atoms with E-state index in [0.717, 1.165) is 24.4 Å². The average molecular weight is 348 g/mol. The molecule has 20 heavy (non-hydrogen) atoms. The van der Waals surface area contributed by atoms with Gasteiger partial charge in [-0.25, -0.2) is 0 Å². The molecule has 3 unspecified atom stereocenters. The summed E-state index contributed by atoms with van der Waals surface area (Å²) in [4.78, 5) is 0. The first-order valence-electron chi connectivity index (χ1n) is 7.04. The van der Waals surface area contributed by atoms with Crippen LogP contribution in [0.1, 0.15) is 31.2 Å². The molecule has 2 aliphatic carbocycles. The van der Waals surface area contributed by atoms with Crippen molar-refractivity contribution >= 4 is 21.6 Å². The van der Waals surface area contributed by atoms with Crippen LogP contribution in [0.4, 0.5) is 18.9 Å². The van der Waals surface area contributed by atoms with Crippen LogP contribution in [-0.2, 0) is 6.18 Å². The summed E-state index contributed by atoms with van der Waals surface area (Å²) >= 11 is 3.32. The third kappa shape index (κ3) is 2.83. The highest BCUT2D eigenvalue weighted by atomic mass is 79.9. The smallest absolute Gasteiger partial charge is 0.384 e. The van der Waals surface area contributed by atoms with Gasteiger partial charge in [-0.2, -0.15) is 13.2 Å². The van der Waals surface area contributed by atoms with Crippen LogP contribution in [0.3, 0.4) is 0 Å². The average Bonchev–Trinajstić information content (AvgIpc) is 2.98. The Hall–Kier alpha value is -0.710. The van der Waals surface area contributed by atoms with Gasteiger partial charge in [-0.05, 0) is 71.1 Å². The summed E-state index contributed by atoms with van der Waals surface area (Å²) in [6.07, 6.45) is 0.892. The van der Waals surface area contributed by atoms with Crippen molar-refractivity contribution in [2.75, 3.05) is 11.9 Å². The van der Waals surface area contributed by atoms with Gasteiger partial charge >= 0.3 is 6.18 Å². The highest BCUT2D eigenvalue weighted by Crippen LogP contribution is 2.48. The highest BCUT2D eigenvalue weighted by molar-refractivity contribution is 9.10. The second-order valence-corrected chi connectivity index (χ2v) is 6.86. The highest BCUT2D eigenvalue weighted by Gasteiger charge is 2.39. The molecule has 0 spiro atoms. The van der Waals surface area contributed by atoms with Crippen LogP contribution < -0.4 is 5.32 Å². The number of benzene rings is 1. The van der Waals surface area contributed by atoms with E-state index in [1.807, 2.05) is 0 Å². The Kier molecular flexibility index (Phi) is 3.73. The predicted octanol–water partition coefficient (Wildman–Crippen LogP) is 5.32. The van der Waals surface area contributed by atoms with E-state index >= 15 is 0 Å². The summed E-state index contributed by atoms with van der Waals surface area (Å²) in [7, 11) is 0. The molecule has 0 aromatic heterocycles. The van der Waals surface area contributed by atoms with Crippen LogP contribution in [0.25, 0.3) is 0 Å². The van der Waals surface area contributed by atoms with Crippen molar-refractivity contribution in [3.05, 3.63) is 28.2 Å². The molecule has 0 aliphatic heterocycles. The molecule has 1 N–H and O–H groups in total. The maximum absolute atomic E-state index is 12.7. The van der Waals surface area contributed by atoms with E-state index in [1.165, 1.54) is 37.8 Å². The number of anilines is 1. The largest absolute Gasteiger partial charge is 0.416 e. The molecule has 2 aliphatic rings. The van der Waals surface area contributed by atoms with E-state index in [-0.39, 0.29) is 0 Å². The van der Waals surface area contributed by atoms with Crippen molar-refractivity contribution in [2.45, 2.75) is 31.9 Å². The zero-order valence-corrected chi connectivity index (χ0v) is 12.6. The van der Waals surface area contributed by atoms with E-state index in [9.17, 15) is 13.2 Å². The van der Waals surface area contributed by atoms with Crippen molar-refractivity contribution in [3.63, 3.8) is 0 Å². The zero-order chi connectivity index (χ0) is 14.3. The molecule has 1 aromatic rings. The number of fused-ring (bicyclic) bond motifs is 2. The number of halogens is 4. The van der Waals surface area contributed by atoms with E-state index in [1.54, 1.807) is 0 Å². The fourth-order valence-corrected chi connectivity index (χ4v) is 4.09. The topological polar surface area (TPSA) is 12.0 Å². The first-order valence-corrected chi connectivity index (χ1v) is 7.83. The Balaban J connectivity index is 1.68. The number of alkyl halides is 3. The molecule has 5 heteroatoms. The molecule has 2 saturated carbocycles. The first kappa shape index (κ1) is 14.2. The van der Waals surface area contributed by atoms with Crippen molar-refractivity contribution in [3.8, 4) is 0 Å². The van der Waals surface area contributed by atoms with Crippen molar-refractivity contribution in [2.24, 2.45) is 17.8 Å². The molecule has 0 radical (unpaired) electrons. The lowest BCUT2D eigenvalue weighted by Gasteiger charge is -2.23. The van der Waals surface area contributed by atoms with Gasteiger partial charge in [0.25, 0.3) is 0 Å². The minimum atomic E-state index is -4.29. The summed E-state index contributed by atoms with van der Waals surface area (Å²) in [5.41, 5.74) is -0.0567. The molecule has 1 aromatic carbocycles. The molecule has 0 saturated heterocycles. The SMILES string of the molecule is FC(F)(F)c1ccc(Br)c(NCC2CC3CCC2C3)c1. The van der Waals surface area contributed by atoms with E-state index < -0.39 is 11.7 Å². The minimum absolute atomic E-state index is 0.544. The fraction of sp³-hybridized carbons (Fsp3) is 0.600. The Morgan fingerprint density at radius 1 is 1.20 bits per heavy atom. The first-order chi connectivity index (χ1) is 9.43. The van der Waals surface area contributed by atoms with Gasteiger partial charge in [0.1, 0.15) is 0 Å². The molecular formula is C15H17BrF3N. The summed E-state index contributed by atoms with van der Waals surface area (Å²) in [6.45, 7) is 0.779. The third-order valence-electron chi connectivity index (χ3n) is 4.73. The summed E-state index contributed by atoms with van der Waals surface area (Å²) in [5, 5.41) is 3.21. The maximum atomic E-state index is 12.7. The zero-order valence-electron chi connectivity index (χ0n) is 11.0. The molecule has 2 bridgehead atoms. The Morgan fingerprint density at radius 2 is 2.00 bits per heavy atom. The Bertz CT molecular complexity index is 500. The molecule has 2 fully saturated rings. The minimum Gasteiger partial charge on any atom is -0.384 e. The lowest BCUT2D eigenvalue weighted by atomic mass is 9.89. The number of hydrogen-bond acceptors (Lipinski definition) is 1. The number of nitrogens with one attached hydrogen (secondary N) is 1. The van der Waals surface area contributed by atoms with E-state index in [4.69, 9.17) is 0 Å². The van der Waals surface area contributed by atoms with Crippen molar-refractivity contribution in [1.29, 1.82) is 0 Å². The number of hydrogen-bond donors (Lipinski definition) is 1. The van der Waals surface area contributed by atoms with Crippen LogP contribution in [0.15, 0.2) is 22.7 Å². The van der Waals surface area contributed by atoms with Gasteiger partial charge in [0.05, 0.1) is 5.56 Å². The summed E-state index contributed by atoms with van der Waals surface area (Å²) < 4.78 is 38.8. The normalized spacial score (nSPS) is 28.9. The van der Waals surface area contributed by atoms with Crippen molar-refractivity contribution in [1.82, 2.24) is 0 Å². The van der Waals surface area contributed by atoms with Gasteiger partial charge < -0.3 is 5.32 Å². The van der Waals surface area contributed by atoms with Crippen LogP contribution >= 0.6 is 15.9 Å². The van der Waals surface area contributed by atoms with Gasteiger partial charge in [-0.1, -0.05) is 6.42 Å². The van der Waals surface area contributed by atoms with Crippen LogP contribution in [0.5, 0.6) is 0 Å². The maximum Gasteiger partial charge on any atom is 0.416 e. The second kappa shape index (κ2) is 5.24. The predicted molar refractivity (Wildman–Crippen MR) is 76.6 cm³/mol. The molecule has 1 nitrogen and oxygen atoms in total. The lowest BCUT2D eigenvalue weighted by molar-refractivity contribution is -0.137. The third-order valence-corrected chi connectivity index (χ3v) is 5.42. The van der Waals surface area contributed by atoms with Gasteiger partial charge in [-0.3, -0.25) is 0 Å².